The molecule has 3 nitrogen and oxygen atoms in total. The van der Waals surface area contributed by atoms with Gasteiger partial charge in [-0.15, -0.1) is 0 Å². The minimum atomic E-state index is -0.567. The SMILES string of the molecule is O=CC1Cc2c(F)ccc3ccc(=O)n1c23. The Morgan fingerprint density at radius 2 is 2.06 bits per heavy atom. The summed E-state index contributed by atoms with van der Waals surface area (Å²) in [6.07, 6.45) is 0.964. The summed E-state index contributed by atoms with van der Waals surface area (Å²) in [7, 11) is 0. The molecule has 0 fully saturated rings. The van der Waals surface area contributed by atoms with Crippen molar-refractivity contribution < 1.29 is 9.18 Å². The standard InChI is InChI=1S/C12H8FNO2/c13-10-3-1-7-2-4-11(16)14-8(6-15)5-9(10)12(7)14/h1-4,6,8H,5H2. The van der Waals surface area contributed by atoms with E-state index in [1.165, 1.54) is 16.7 Å². The van der Waals surface area contributed by atoms with Gasteiger partial charge >= 0.3 is 0 Å². The number of carbonyl (C=O) groups excluding carboxylic acids is 1. The number of benzene rings is 1. The normalized spacial score (nSPS) is 17.9. The zero-order valence-electron chi connectivity index (χ0n) is 8.31. The molecule has 2 heterocycles. The van der Waals surface area contributed by atoms with E-state index in [1.54, 1.807) is 12.1 Å². The zero-order chi connectivity index (χ0) is 11.3. The van der Waals surface area contributed by atoms with Gasteiger partial charge in [0.25, 0.3) is 5.56 Å². The first-order valence-corrected chi connectivity index (χ1v) is 5.00. The molecular formula is C12H8FNO2. The molecule has 0 N–H and O–H groups in total. The molecule has 1 aliphatic rings. The van der Waals surface area contributed by atoms with E-state index in [4.69, 9.17) is 0 Å². The van der Waals surface area contributed by atoms with Crippen LogP contribution < -0.4 is 5.56 Å². The quantitative estimate of drug-likeness (QED) is 0.678. The van der Waals surface area contributed by atoms with Crippen molar-refractivity contribution in [3.63, 3.8) is 0 Å². The lowest BCUT2D eigenvalue weighted by Crippen LogP contribution is -2.22. The molecule has 0 bridgehead atoms. The predicted octanol–water partition coefficient (Wildman–Crippen LogP) is 1.44. The first-order chi connectivity index (χ1) is 7.72. The van der Waals surface area contributed by atoms with Crippen molar-refractivity contribution in [3.8, 4) is 0 Å². The highest BCUT2D eigenvalue weighted by Crippen LogP contribution is 2.31. The molecule has 1 aliphatic heterocycles. The van der Waals surface area contributed by atoms with Crippen molar-refractivity contribution in [2.24, 2.45) is 0 Å². The average Bonchev–Trinajstić information content (AvgIpc) is 2.68. The third-order valence-corrected chi connectivity index (χ3v) is 3.04. The summed E-state index contributed by atoms with van der Waals surface area (Å²) in [5.74, 6) is -0.351. The monoisotopic (exact) mass is 217 g/mol. The number of aromatic nitrogens is 1. The molecule has 1 atom stereocenters. The molecule has 1 aromatic heterocycles. The van der Waals surface area contributed by atoms with E-state index in [0.717, 1.165) is 5.39 Å². The Hall–Kier alpha value is -1.97. The zero-order valence-corrected chi connectivity index (χ0v) is 8.31. The van der Waals surface area contributed by atoms with Crippen LogP contribution in [0.3, 0.4) is 0 Å². The molecule has 3 rings (SSSR count). The number of aldehydes is 1. The Kier molecular flexibility index (Phi) is 1.74. The summed E-state index contributed by atoms with van der Waals surface area (Å²) < 4.78 is 14.9. The second-order valence-corrected chi connectivity index (χ2v) is 3.91. The van der Waals surface area contributed by atoms with Crippen LogP contribution in [0.5, 0.6) is 0 Å². The predicted molar refractivity (Wildman–Crippen MR) is 57.0 cm³/mol. The molecule has 1 unspecified atom stereocenters. The molecule has 0 radical (unpaired) electrons. The van der Waals surface area contributed by atoms with Crippen LogP contribution in [-0.2, 0) is 11.2 Å². The van der Waals surface area contributed by atoms with Gasteiger partial charge in [0.1, 0.15) is 12.1 Å². The Balaban J connectivity index is 2.54. The summed E-state index contributed by atoms with van der Waals surface area (Å²) in [5, 5.41) is 0.792. The largest absolute Gasteiger partial charge is 0.301 e. The third kappa shape index (κ3) is 1.01. The lowest BCUT2D eigenvalue weighted by atomic mass is 10.1. The molecule has 0 amide bonds. The fraction of sp³-hybridized carbons (Fsp3) is 0.167. The van der Waals surface area contributed by atoms with Gasteiger partial charge in [0.2, 0.25) is 0 Å². The van der Waals surface area contributed by atoms with E-state index >= 15 is 0 Å². The van der Waals surface area contributed by atoms with E-state index in [9.17, 15) is 14.0 Å². The minimum Gasteiger partial charge on any atom is -0.301 e. The van der Waals surface area contributed by atoms with Gasteiger partial charge in [0, 0.05) is 18.1 Å². The number of nitrogens with zero attached hydrogens (tertiary/aromatic N) is 1. The molecule has 16 heavy (non-hydrogen) atoms. The van der Waals surface area contributed by atoms with Crippen molar-refractivity contribution in [1.82, 2.24) is 4.57 Å². The number of halogens is 1. The second-order valence-electron chi connectivity index (χ2n) is 3.91. The Bertz CT molecular complexity index is 660. The smallest absolute Gasteiger partial charge is 0.251 e. The van der Waals surface area contributed by atoms with Gasteiger partial charge in [-0.3, -0.25) is 9.36 Å². The number of rotatable bonds is 1. The first kappa shape index (κ1) is 9.27. The Morgan fingerprint density at radius 3 is 2.81 bits per heavy atom. The molecule has 0 aliphatic carbocycles. The fourth-order valence-corrected chi connectivity index (χ4v) is 2.33. The van der Waals surface area contributed by atoms with Gasteiger partial charge in [-0.1, -0.05) is 0 Å². The highest BCUT2D eigenvalue weighted by Gasteiger charge is 2.26. The Morgan fingerprint density at radius 1 is 1.31 bits per heavy atom. The van der Waals surface area contributed by atoms with Gasteiger partial charge in [0.15, 0.2) is 0 Å². The van der Waals surface area contributed by atoms with Crippen LogP contribution in [0.4, 0.5) is 4.39 Å². The maximum Gasteiger partial charge on any atom is 0.251 e. The average molecular weight is 217 g/mol. The van der Waals surface area contributed by atoms with Crippen LogP contribution >= 0.6 is 0 Å². The van der Waals surface area contributed by atoms with Crippen LogP contribution in [0.2, 0.25) is 0 Å². The number of carbonyl (C=O) groups is 1. The van der Waals surface area contributed by atoms with Crippen LogP contribution in [0.1, 0.15) is 11.6 Å². The van der Waals surface area contributed by atoms with Gasteiger partial charge in [-0.2, -0.15) is 0 Å². The maximum absolute atomic E-state index is 13.6. The first-order valence-electron chi connectivity index (χ1n) is 5.00. The number of hydrogen-bond donors (Lipinski definition) is 0. The van der Waals surface area contributed by atoms with Crippen LogP contribution in [0.15, 0.2) is 29.1 Å². The van der Waals surface area contributed by atoms with Gasteiger partial charge < -0.3 is 4.79 Å². The summed E-state index contributed by atoms with van der Waals surface area (Å²) in [4.78, 5) is 22.6. The summed E-state index contributed by atoms with van der Waals surface area (Å²) in [5.41, 5.74) is 0.769. The molecule has 0 saturated carbocycles. The minimum absolute atomic E-state index is 0.256. The van der Waals surface area contributed by atoms with Gasteiger partial charge in [0.05, 0.1) is 11.6 Å². The maximum atomic E-state index is 13.6. The highest BCUT2D eigenvalue weighted by molar-refractivity contribution is 5.86. The molecule has 80 valence electrons. The number of pyridine rings is 1. The van der Waals surface area contributed by atoms with E-state index in [-0.39, 0.29) is 17.8 Å². The molecular weight excluding hydrogens is 209 g/mol. The summed E-state index contributed by atoms with van der Waals surface area (Å²) in [6.45, 7) is 0. The van der Waals surface area contributed by atoms with Crippen LogP contribution in [0.25, 0.3) is 10.9 Å². The third-order valence-electron chi connectivity index (χ3n) is 3.04. The second kappa shape index (κ2) is 3.01. The molecule has 1 aromatic carbocycles. The fourth-order valence-electron chi connectivity index (χ4n) is 2.33. The van der Waals surface area contributed by atoms with Crippen molar-refractivity contribution >= 4 is 17.2 Å². The summed E-state index contributed by atoms with van der Waals surface area (Å²) in [6, 6.07) is 5.50. The van der Waals surface area contributed by atoms with E-state index < -0.39 is 6.04 Å². The van der Waals surface area contributed by atoms with E-state index in [2.05, 4.69) is 0 Å². The lowest BCUT2D eigenvalue weighted by molar-refractivity contribution is -0.110. The van der Waals surface area contributed by atoms with E-state index in [0.29, 0.717) is 17.4 Å². The van der Waals surface area contributed by atoms with Crippen molar-refractivity contribution in [2.75, 3.05) is 0 Å². The number of hydrogen-bond acceptors (Lipinski definition) is 2. The van der Waals surface area contributed by atoms with Crippen molar-refractivity contribution in [1.29, 1.82) is 0 Å². The molecule has 2 aromatic rings. The van der Waals surface area contributed by atoms with Crippen molar-refractivity contribution in [2.45, 2.75) is 12.5 Å². The molecule has 0 spiro atoms. The molecule has 0 saturated heterocycles. The van der Waals surface area contributed by atoms with E-state index in [1.807, 2.05) is 0 Å². The topological polar surface area (TPSA) is 39.1 Å². The van der Waals surface area contributed by atoms with Crippen molar-refractivity contribution in [3.05, 3.63) is 46.0 Å². The summed E-state index contributed by atoms with van der Waals surface area (Å²) >= 11 is 0. The lowest BCUT2D eigenvalue weighted by Gasteiger charge is -2.06. The van der Waals surface area contributed by atoms with Crippen LogP contribution in [-0.4, -0.2) is 10.9 Å². The van der Waals surface area contributed by atoms with Crippen LogP contribution in [0, 0.1) is 5.82 Å². The Labute approximate surface area is 90.1 Å². The molecule has 4 heteroatoms. The van der Waals surface area contributed by atoms with Gasteiger partial charge in [-0.05, 0) is 23.6 Å². The highest BCUT2D eigenvalue weighted by atomic mass is 19.1. The van der Waals surface area contributed by atoms with Gasteiger partial charge in [-0.25, -0.2) is 4.39 Å².